The molecule has 2 aromatic rings. The normalized spacial score (nSPS) is 10.9. The molecule has 0 spiro atoms. The number of rotatable bonds is 2. The van der Waals surface area contributed by atoms with Crippen LogP contribution in [0, 0.1) is 6.92 Å². The summed E-state index contributed by atoms with van der Waals surface area (Å²) in [4.78, 5) is 17.0. The Balaban J connectivity index is 2.83. The van der Waals surface area contributed by atoms with E-state index >= 15 is 0 Å². The predicted octanol–water partition coefficient (Wildman–Crippen LogP) is 2.08. The van der Waals surface area contributed by atoms with Gasteiger partial charge in [0.1, 0.15) is 5.69 Å². The van der Waals surface area contributed by atoms with Crippen LogP contribution in [0.15, 0.2) is 6.20 Å². The van der Waals surface area contributed by atoms with Gasteiger partial charge in [-0.25, -0.2) is 4.98 Å². The van der Waals surface area contributed by atoms with Crippen LogP contribution in [0.3, 0.4) is 0 Å². The van der Waals surface area contributed by atoms with Gasteiger partial charge in [-0.05, 0) is 13.3 Å². The fourth-order valence-corrected chi connectivity index (χ4v) is 2.57. The fourth-order valence-electron chi connectivity index (χ4n) is 1.53. The molecule has 3 nitrogen and oxygen atoms in total. The lowest BCUT2D eigenvalue weighted by atomic mass is 10.3. The average molecular weight is 194 g/mol. The largest absolute Gasteiger partial charge is 0.296 e. The maximum absolute atomic E-state index is 10.7. The summed E-state index contributed by atoms with van der Waals surface area (Å²) in [5.41, 5.74) is 1.84. The van der Waals surface area contributed by atoms with E-state index in [1.807, 2.05) is 4.40 Å². The van der Waals surface area contributed by atoms with Gasteiger partial charge in [-0.3, -0.25) is 9.20 Å². The zero-order valence-corrected chi connectivity index (χ0v) is 8.39. The van der Waals surface area contributed by atoms with Crippen molar-refractivity contribution in [3.05, 3.63) is 22.5 Å². The van der Waals surface area contributed by atoms with Gasteiger partial charge >= 0.3 is 0 Å². The lowest BCUT2D eigenvalue weighted by Gasteiger charge is -1.96. The highest BCUT2D eigenvalue weighted by Crippen LogP contribution is 2.23. The third kappa shape index (κ3) is 1.09. The van der Waals surface area contributed by atoms with E-state index < -0.39 is 0 Å². The van der Waals surface area contributed by atoms with E-state index in [1.54, 1.807) is 17.5 Å². The molecule has 0 amide bonds. The van der Waals surface area contributed by atoms with Crippen LogP contribution in [-0.4, -0.2) is 15.7 Å². The van der Waals surface area contributed by atoms with Crippen LogP contribution in [0.2, 0.25) is 0 Å². The van der Waals surface area contributed by atoms with Crippen molar-refractivity contribution in [2.75, 3.05) is 0 Å². The van der Waals surface area contributed by atoms with Crippen LogP contribution in [0.1, 0.15) is 28.0 Å². The molecule has 0 aromatic carbocycles. The van der Waals surface area contributed by atoms with Crippen molar-refractivity contribution in [2.24, 2.45) is 0 Å². The van der Waals surface area contributed by atoms with Gasteiger partial charge in [0.15, 0.2) is 11.2 Å². The Labute approximate surface area is 80.0 Å². The number of imidazole rings is 1. The molecule has 2 heterocycles. The van der Waals surface area contributed by atoms with Crippen molar-refractivity contribution >= 4 is 22.6 Å². The Morgan fingerprint density at radius 1 is 1.69 bits per heavy atom. The van der Waals surface area contributed by atoms with E-state index in [-0.39, 0.29) is 0 Å². The minimum atomic E-state index is 0.649. The van der Waals surface area contributed by atoms with Crippen LogP contribution in [0.5, 0.6) is 0 Å². The molecule has 0 saturated heterocycles. The Morgan fingerprint density at radius 3 is 3.08 bits per heavy atom. The smallest absolute Gasteiger partial charge is 0.194 e. The summed E-state index contributed by atoms with van der Waals surface area (Å²) in [6.07, 6.45) is 3.41. The second-order valence-electron chi connectivity index (χ2n) is 2.88. The van der Waals surface area contributed by atoms with Gasteiger partial charge in [0.05, 0.1) is 6.20 Å². The summed E-state index contributed by atoms with van der Waals surface area (Å²) < 4.78 is 1.94. The number of thiazole rings is 1. The number of aromatic nitrogens is 2. The van der Waals surface area contributed by atoms with Crippen LogP contribution in [0.25, 0.3) is 4.96 Å². The molecular formula is C9H10N2OS. The lowest BCUT2D eigenvalue weighted by Crippen LogP contribution is -1.95. The molecule has 0 saturated carbocycles. The van der Waals surface area contributed by atoms with Gasteiger partial charge in [-0.15, -0.1) is 11.3 Å². The van der Waals surface area contributed by atoms with Crippen molar-refractivity contribution in [2.45, 2.75) is 20.3 Å². The summed E-state index contributed by atoms with van der Waals surface area (Å²) in [5.74, 6) is 0. The van der Waals surface area contributed by atoms with Crippen molar-refractivity contribution in [3.63, 3.8) is 0 Å². The zero-order chi connectivity index (χ0) is 9.42. The van der Waals surface area contributed by atoms with E-state index in [1.165, 1.54) is 10.6 Å². The molecule has 68 valence electrons. The van der Waals surface area contributed by atoms with E-state index in [2.05, 4.69) is 18.8 Å². The molecule has 0 fully saturated rings. The molecular weight excluding hydrogens is 184 g/mol. The number of nitrogens with zero attached hydrogens (tertiary/aromatic N) is 2. The van der Waals surface area contributed by atoms with Crippen LogP contribution in [0.4, 0.5) is 0 Å². The van der Waals surface area contributed by atoms with Gasteiger partial charge in [-0.1, -0.05) is 6.92 Å². The summed E-state index contributed by atoms with van der Waals surface area (Å²) in [5, 5.41) is 0. The summed E-state index contributed by atoms with van der Waals surface area (Å²) >= 11 is 1.63. The number of fused-ring (bicyclic) bond motifs is 1. The van der Waals surface area contributed by atoms with Crippen LogP contribution in [-0.2, 0) is 6.42 Å². The second kappa shape index (κ2) is 2.96. The minimum absolute atomic E-state index is 0.649. The third-order valence-electron chi connectivity index (χ3n) is 2.13. The molecule has 13 heavy (non-hydrogen) atoms. The molecule has 0 aliphatic rings. The standard InChI is InChI=1S/C9H10N2OS/c1-3-8-6(2)13-9-10-4-7(5-12)11(8)9/h4-5H,3H2,1-2H3. The van der Waals surface area contributed by atoms with Gasteiger partial charge in [0.2, 0.25) is 0 Å². The fraction of sp³-hybridized carbons (Fsp3) is 0.333. The first-order valence-electron chi connectivity index (χ1n) is 4.18. The first-order valence-corrected chi connectivity index (χ1v) is 5.00. The molecule has 0 radical (unpaired) electrons. The van der Waals surface area contributed by atoms with Gasteiger partial charge in [-0.2, -0.15) is 0 Å². The quantitative estimate of drug-likeness (QED) is 0.686. The molecule has 2 rings (SSSR count). The number of aryl methyl sites for hydroxylation is 2. The molecule has 0 aliphatic heterocycles. The Bertz CT molecular complexity index is 455. The molecule has 0 N–H and O–H groups in total. The molecule has 0 unspecified atom stereocenters. The highest BCUT2D eigenvalue weighted by atomic mass is 32.1. The molecule has 4 heteroatoms. The van der Waals surface area contributed by atoms with Gasteiger partial charge in [0.25, 0.3) is 0 Å². The maximum Gasteiger partial charge on any atom is 0.194 e. The highest BCUT2D eigenvalue weighted by Gasteiger charge is 2.11. The number of carbonyl (C=O) groups is 1. The summed E-state index contributed by atoms with van der Waals surface area (Å²) in [6.45, 7) is 4.15. The minimum Gasteiger partial charge on any atom is -0.296 e. The van der Waals surface area contributed by atoms with Crippen LogP contribution >= 0.6 is 11.3 Å². The average Bonchev–Trinajstić information content (AvgIpc) is 2.62. The van der Waals surface area contributed by atoms with Crippen LogP contribution < -0.4 is 0 Å². The third-order valence-corrected chi connectivity index (χ3v) is 3.15. The zero-order valence-electron chi connectivity index (χ0n) is 7.57. The number of aldehydes is 1. The Kier molecular flexibility index (Phi) is 1.92. The van der Waals surface area contributed by atoms with Gasteiger partial charge < -0.3 is 0 Å². The lowest BCUT2D eigenvalue weighted by molar-refractivity contribution is 0.111. The maximum atomic E-state index is 10.7. The first kappa shape index (κ1) is 8.44. The molecule has 0 atom stereocenters. The van der Waals surface area contributed by atoms with E-state index in [4.69, 9.17) is 0 Å². The van der Waals surface area contributed by atoms with E-state index in [9.17, 15) is 4.79 Å². The summed E-state index contributed by atoms with van der Waals surface area (Å²) in [7, 11) is 0. The van der Waals surface area contributed by atoms with Crippen molar-refractivity contribution < 1.29 is 4.79 Å². The topological polar surface area (TPSA) is 34.4 Å². The molecule has 0 aliphatic carbocycles. The van der Waals surface area contributed by atoms with Crippen molar-refractivity contribution in [1.82, 2.24) is 9.38 Å². The van der Waals surface area contributed by atoms with Gasteiger partial charge in [0, 0.05) is 10.6 Å². The second-order valence-corrected chi connectivity index (χ2v) is 4.06. The number of hydrogen-bond acceptors (Lipinski definition) is 3. The van der Waals surface area contributed by atoms with E-state index in [0.29, 0.717) is 5.69 Å². The van der Waals surface area contributed by atoms with E-state index in [0.717, 1.165) is 17.7 Å². The Hall–Kier alpha value is -1.16. The summed E-state index contributed by atoms with van der Waals surface area (Å²) in [6, 6.07) is 0. The SMILES string of the molecule is CCc1c(C)sc2ncc(C=O)n12. The first-order chi connectivity index (χ1) is 6.27. The predicted molar refractivity (Wildman–Crippen MR) is 52.6 cm³/mol. The van der Waals surface area contributed by atoms with Crippen molar-refractivity contribution in [1.29, 1.82) is 0 Å². The monoisotopic (exact) mass is 194 g/mol. The highest BCUT2D eigenvalue weighted by molar-refractivity contribution is 7.17. The number of hydrogen-bond donors (Lipinski definition) is 0. The molecule has 2 aromatic heterocycles. The number of carbonyl (C=O) groups excluding carboxylic acids is 1. The van der Waals surface area contributed by atoms with Crippen molar-refractivity contribution in [3.8, 4) is 0 Å². The Morgan fingerprint density at radius 2 is 2.46 bits per heavy atom. The molecule has 0 bridgehead atoms.